The van der Waals surface area contributed by atoms with E-state index in [1.165, 1.54) is 5.39 Å². The molecular formula is C15H20N2O. The molecule has 0 saturated heterocycles. The van der Waals surface area contributed by atoms with Gasteiger partial charge in [0.2, 0.25) is 0 Å². The first-order valence-corrected chi connectivity index (χ1v) is 6.43. The highest BCUT2D eigenvalue weighted by atomic mass is 16.5. The SMILES string of the molecule is CCOCC(Cc1ccc2ccccc2n1)NC. The molecule has 1 unspecified atom stereocenters. The number of fused-ring (bicyclic) bond motifs is 1. The summed E-state index contributed by atoms with van der Waals surface area (Å²) in [6.45, 7) is 3.49. The summed E-state index contributed by atoms with van der Waals surface area (Å²) in [5, 5.41) is 4.46. The van der Waals surface area contributed by atoms with Gasteiger partial charge in [-0.3, -0.25) is 4.98 Å². The lowest BCUT2D eigenvalue weighted by molar-refractivity contribution is 0.125. The zero-order valence-corrected chi connectivity index (χ0v) is 11.0. The normalized spacial score (nSPS) is 12.8. The van der Waals surface area contributed by atoms with Gasteiger partial charge in [-0.05, 0) is 26.1 Å². The number of hydrogen-bond acceptors (Lipinski definition) is 3. The summed E-state index contributed by atoms with van der Waals surface area (Å²) in [6.07, 6.45) is 0.890. The van der Waals surface area contributed by atoms with Gasteiger partial charge in [0.25, 0.3) is 0 Å². The summed E-state index contributed by atoms with van der Waals surface area (Å²) in [6, 6.07) is 12.7. The first-order chi connectivity index (χ1) is 8.83. The third-order valence-corrected chi connectivity index (χ3v) is 3.04. The monoisotopic (exact) mass is 244 g/mol. The Kier molecular flexibility index (Phi) is 4.67. The van der Waals surface area contributed by atoms with Crippen LogP contribution < -0.4 is 5.32 Å². The van der Waals surface area contributed by atoms with Crippen molar-refractivity contribution in [2.24, 2.45) is 0 Å². The third-order valence-electron chi connectivity index (χ3n) is 3.04. The van der Waals surface area contributed by atoms with Gasteiger partial charge in [-0.2, -0.15) is 0 Å². The first kappa shape index (κ1) is 13.0. The van der Waals surface area contributed by atoms with Crippen molar-refractivity contribution in [3.8, 4) is 0 Å². The predicted octanol–water partition coefficient (Wildman–Crippen LogP) is 2.40. The summed E-state index contributed by atoms with van der Waals surface area (Å²) < 4.78 is 5.46. The number of hydrogen-bond donors (Lipinski definition) is 1. The van der Waals surface area contributed by atoms with Crippen molar-refractivity contribution in [1.82, 2.24) is 10.3 Å². The fourth-order valence-electron chi connectivity index (χ4n) is 1.98. The highest BCUT2D eigenvalue weighted by molar-refractivity contribution is 5.78. The Morgan fingerprint density at radius 3 is 2.83 bits per heavy atom. The number of ether oxygens (including phenoxy) is 1. The zero-order chi connectivity index (χ0) is 12.8. The van der Waals surface area contributed by atoms with Crippen LogP contribution >= 0.6 is 0 Å². The molecule has 2 rings (SSSR count). The van der Waals surface area contributed by atoms with E-state index in [2.05, 4.69) is 34.6 Å². The zero-order valence-electron chi connectivity index (χ0n) is 11.0. The largest absolute Gasteiger partial charge is 0.380 e. The molecule has 1 atom stereocenters. The molecule has 0 aliphatic carbocycles. The van der Waals surface area contributed by atoms with E-state index in [0.29, 0.717) is 6.04 Å². The fraction of sp³-hybridized carbons (Fsp3) is 0.400. The van der Waals surface area contributed by atoms with Crippen LogP contribution in [0.1, 0.15) is 12.6 Å². The van der Waals surface area contributed by atoms with E-state index < -0.39 is 0 Å². The fourth-order valence-corrected chi connectivity index (χ4v) is 1.98. The van der Waals surface area contributed by atoms with E-state index in [1.54, 1.807) is 0 Å². The van der Waals surface area contributed by atoms with Crippen molar-refractivity contribution >= 4 is 10.9 Å². The summed E-state index contributed by atoms with van der Waals surface area (Å²) in [5.74, 6) is 0. The number of rotatable bonds is 6. The van der Waals surface area contributed by atoms with Gasteiger partial charge in [-0.15, -0.1) is 0 Å². The Hall–Kier alpha value is -1.45. The Balaban J connectivity index is 2.10. The molecule has 0 fully saturated rings. The third kappa shape index (κ3) is 3.28. The maximum absolute atomic E-state index is 5.46. The van der Waals surface area contributed by atoms with Crippen molar-refractivity contribution in [2.45, 2.75) is 19.4 Å². The van der Waals surface area contributed by atoms with Crippen molar-refractivity contribution < 1.29 is 4.74 Å². The Morgan fingerprint density at radius 2 is 2.06 bits per heavy atom. The van der Waals surface area contributed by atoms with Gasteiger partial charge in [-0.1, -0.05) is 24.3 Å². The molecular weight excluding hydrogens is 224 g/mol. The number of benzene rings is 1. The minimum absolute atomic E-state index is 0.318. The smallest absolute Gasteiger partial charge is 0.0705 e. The number of nitrogens with zero attached hydrogens (tertiary/aromatic N) is 1. The quantitative estimate of drug-likeness (QED) is 0.847. The molecule has 0 amide bonds. The van der Waals surface area contributed by atoms with Gasteiger partial charge in [0.15, 0.2) is 0 Å². The summed E-state index contributed by atoms with van der Waals surface area (Å²) >= 11 is 0. The maximum atomic E-state index is 5.46. The summed E-state index contributed by atoms with van der Waals surface area (Å²) in [7, 11) is 1.96. The van der Waals surface area contributed by atoms with Crippen LogP contribution in [0.3, 0.4) is 0 Å². The molecule has 18 heavy (non-hydrogen) atoms. The lowest BCUT2D eigenvalue weighted by Crippen LogP contribution is -2.32. The number of likely N-dealkylation sites (N-methyl/N-ethyl adjacent to an activating group) is 1. The first-order valence-electron chi connectivity index (χ1n) is 6.43. The number of pyridine rings is 1. The molecule has 0 spiro atoms. The molecule has 1 aromatic heterocycles. The molecule has 3 heteroatoms. The molecule has 0 radical (unpaired) electrons. The van der Waals surface area contributed by atoms with Gasteiger partial charge in [-0.25, -0.2) is 0 Å². The average molecular weight is 244 g/mol. The van der Waals surface area contributed by atoms with E-state index in [4.69, 9.17) is 4.74 Å². The summed E-state index contributed by atoms with van der Waals surface area (Å²) in [4.78, 5) is 4.68. The minimum atomic E-state index is 0.318. The van der Waals surface area contributed by atoms with Gasteiger partial charge in [0.05, 0.1) is 12.1 Å². The van der Waals surface area contributed by atoms with Gasteiger partial charge >= 0.3 is 0 Å². The molecule has 1 N–H and O–H groups in total. The molecule has 1 aromatic carbocycles. The lowest BCUT2D eigenvalue weighted by Gasteiger charge is -2.15. The highest BCUT2D eigenvalue weighted by Crippen LogP contribution is 2.12. The van der Waals surface area contributed by atoms with E-state index >= 15 is 0 Å². The van der Waals surface area contributed by atoms with Crippen LogP contribution in [0.2, 0.25) is 0 Å². The number of para-hydroxylation sites is 1. The molecule has 96 valence electrons. The van der Waals surface area contributed by atoms with Crippen molar-refractivity contribution in [2.75, 3.05) is 20.3 Å². The van der Waals surface area contributed by atoms with E-state index in [9.17, 15) is 0 Å². The second kappa shape index (κ2) is 6.47. The molecule has 3 nitrogen and oxygen atoms in total. The van der Waals surface area contributed by atoms with Crippen LogP contribution in [0.15, 0.2) is 36.4 Å². The van der Waals surface area contributed by atoms with Crippen LogP contribution in [0, 0.1) is 0 Å². The molecule has 0 aliphatic heterocycles. The maximum Gasteiger partial charge on any atom is 0.0705 e. The second-order valence-corrected chi connectivity index (χ2v) is 4.34. The van der Waals surface area contributed by atoms with Crippen LogP contribution in [0.25, 0.3) is 10.9 Å². The minimum Gasteiger partial charge on any atom is -0.380 e. The highest BCUT2D eigenvalue weighted by Gasteiger charge is 2.08. The van der Waals surface area contributed by atoms with E-state index in [-0.39, 0.29) is 0 Å². The standard InChI is InChI=1S/C15H20N2O/c1-3-18-11-14(16-2)10-13-9-8-12-6-4-5-7-15(12)17-13/h4-9,14,16H,3,10-11H2,1-2H3. The lowest BCUT2D eigenvalue weighted by atomic mass is 10.1. The Morgan fingerprint density at radius 1 is 1.22 bits per heavy atom. The van der Waals surface area contributed by atoms with E-state index in [1.807, 2.05) is 26.1 Å². The topological polar surface area (TPSA) is 34.1 Å². The molecule has 0 aliphatic rings. The summed E-state index contributed by atoms with van der Waals surface area (Å²) in [5.41, 5.74) is 2.16. The van der Waals surface area contributed by atoms with Gasteiger partial charge in [0, 0.05) is 30.1 Å². The van der Waals surface area contributed by atoms with E-state index in [0.717, 1.165) is 30.8 Å². The Labute approximate surface area is 108 Å². The van der Waals surface area contributed by atoms with Crippen LogP contribution in [-0.4, -0.2) is 31.3 Å². The van der Waals surface area contributed by atoms with Crippen molar-refractivity contribution in [3.05, 3.63) is 42.1 Å². The predicted molar refractivity (Wildman–Crippen MR) is 74.8 cm³/mol. The number of nitrogens with one attached hydrogen (secondary N) is 1. The van der Waals surface area contributed by atoms with Crippen LogP contribution in [0.5, 0.6) is 0 Å². The van der Waals surface area contributed by atoms with Crippen LogP contribution in [0.4, 0.5) is 0 Å². The van der Waals surface area contributed by atoms with Gasteiger partial charge in [0.1, 0.15) is 0 Å². The second-order valence-electron chi connectivity index (χ2n) is 4.34. The molecule has 2 aromatic rings. The van der Waals surface area contributed by atoms with Crippen LogP contribution in [-0.2, 0) is 11.2 Å². The van der Waals surface area contributed by atoms with Crippen molar-refractivity contribution in [1.29, 1.82) is 0 Å². The van der Waals surface area contributed by atoms with Crippen molar-refractivity contribution in [3.63, 3.8) is 0 Å². The number of aromatic nitrogens is 1. The molecule has 0 bridgehead atoms. The molecule has 1 heterocycles. The Bertz CT molecular complexity index is 499. The molecule has 0 saturated carbocycles. The average Bonchev–Trinajstić information content (AvgIpc) is 2.43. The van der Waals surface area contributed by atoms with Gasteiger partial charge < -0.3 is 10.1 Å².